The number of benzene rings is 2. The third-order valence-electron chi connectivity index (χ3n) is 8.50. The number of hydrogen-bond acceptors (Lipinski definition) is 2. The van der Waals surface area contributed by atoms with Gasteiger partial charge in [0.1, 0.15) is 0 Å². The third kappa shape index (κ3) is 3.17. The van der Waals surface area contributed by atoms with E-state index >= 15 is 0 Å². The highest BCUT2D eigenvalue weighted by molar-refractivity contribution is 5.85. The summed E-state index contributed by atoms with van der Waals surface area (Å²) in [5, 5.41) is 12.5. The fourth-order valence-corrected chi connectivity index (χ4v) is 7.11. The van der Waals surface area contributed by atoms with E-state index in [4.69, 9.17) is 0 Å². The minimum atomic E-state index is -0.313. The number of aliphatic hydroxyl groups excluding tert-OH is 1. The van der Waals surface area contributed by atoms with Gasteiger partial charge in [-0.15, -0.1) is 0 Å². The molecular weight excluding hydrogens is 392 g/mol. The maximum absolute atomic E-state index is 11.1. The van der Waals surface area contributed by atoms with Gasteiger partial charge in [-0.25, -0.2) is 0 Å². The van der Waals surface area contributed by atoms with Crippen molar-refractivity contribution < 1.29 is 5.11 Å². The van der Waals surface area contributed by atoms with Crippen molar-refractivity contribution >= 4 is 17.0 Å². The summed E-state index contributed by atoms with van der Waals surface area (Å²) < 4.78 is 0. The molecule has 3 aliphatic rings. The quantitative estimate of drug-likeness (QED) is 0.548. The van der Waals surface area contributed by atoms with Gasteiger partial charge in [-0.1, -0.05) is 68.0 Å². The molecule has 1 saturated carbocycles. The lowest BCUT2D eigenvalue weighted by molar-refractivity contribution is -0.0549. The number of nitrogens with one attached hydrogen (secondary N) is 1. The summed E-state index contributed by atoms with van der Waals surface area (Å²) in [5.74, 6) is 1.22. The molecule has 2 aliphatic heterocycles. The lowest BCUT2D eigenvalue weighted by Crippen LogP contribution is -2.59. The van der Waals surface area contributed by atoms with E-state index in [1.165, 1.54) is 47.0 Å². The molecule has 1 saturated heterocycles. The maximum Gasteiger partial charge on any atom is 0.0756 e. The second-order valence-electron chi connectivity index (χ2n) is 10.3. The number of aromatic amines is 1. The van der Waals surface area contributed by atoms with E-state index in [-0.39, 0.29) is 11.6 Å². The van der Waals surface area contributed by atoms with Crippen LogP contribution >= 0.6 is 0 Å². The van der Waals surface area contributed by atoms with E-state index in [0.717, 1.165) is 32.4 Å². The van der Waals surface area contributed by atoms with Crippen LogP contribution in [0.15, 0.2) is 60.2 Å². The Balaban J connectivity index is 1.35. The molecule has 4 atom stereocenters. The number of fused-ring (bicyclic) bond motifs is 6. The van der Waals surface area contributed by atoms with Gasteiger partial charge in [0, 0.05) is 29.7 Å². The second-order valence-corrected chi connectivity index (χ2v) is 10.3. The fourth-order valence-electron chi connectivity index (χ4n) is 7.11. The number of H-pyrrole nitrogens is 1. The molecule has 0 radical (unpaired) electrons. The van der Waals surface area contributed by atoms with Crippen molar-refractivity contribution in [2.75, 3.05) is 13.1 Å². The standard InChI is InChI=1S/C29H34N2O/c1-2-13-29-18-22-17-27(32)21(15-20-8-4-3-5-9-20)16-23(22)19-31(29)14-12-25-24-10-6-7-11-26(24)30-28(25)29/h3-11,15,22-23,27,30,32H,2,12-14,16-19H2,1H3/b21-15+/t22?,23?,27-,29-/m0/s1. The number of hydrogen-bond donors (Lipinski definition) is 2. The molecule has 0 bridgehead atoms. The van der Waals surface area contributed by atoms with E-state index in [1.54, 1.807) is 5.56 Å². The molecule has 3 aromatic rings. The Morgan fingerprint density at radius 3 is 2.75 bits per heavy atom. The van der Waals surface area contributed by atoms with Crippen molar-refractivity contribution in [2.24, 2.45) is 11.8 Å². The third-order valence-corrected chi connectivity index (χ3v) is 8.50. The Morgan fingerprint density at radius 1 is 1.09 bits per heavy atom. The highest BCUT2D eigenvalue weighted by atomic mass is 16.3. The van der Waals surface area contributed by atoms with E-state index in [2.05, 4.69) is 77.5 Å². The molecule has 3 heterocycles. The summed E-state index contributed by atoms with van der Waals surface area (Å²) in [5.41, 5.74) is 6.84. The molecule has 3 heteroatoms. The van der Waals surface area contributed by atoms with Gasteiger partial charge in [0.25, 0.3) is 0 Å². The van der Waals surface area contributed by atoms with Gasteiger partial charge in [-0.3, -0.25) is 4.90 Å². The number of para-hydroxylation sites is 1. The van der Waals surface area contributed by atoms with Crippen LogP contribution in [0.2, 0.25) is 0 Å². The van der Waals surface area contributed by atoms with Gasteiger partial charge in [0.2, 0.25) is 0 Å². The number of rotatable bonds is 3. The van der Waals surface area contributed by atoms with Crippen LogP contribution in [0.3, 0.4) is 0 Å². The van der Waals surface area contributed by atoms with Crippen LogP contribution in [0, 0.1) is 11.8 Å². The van der Waals surface area contributed by atoms with Crippen molar-refractivity contribution in [2.45, 2.75) is 57.1 Å². The van der Waals surface area contributed by atoms with Crippen molar-refractivity contribution in [3.8, 4) is 0 Å². The van der Waals surface area contributed by atoms with Crippen molar-refractivity contribution in [3.63, 3.8) is 0 Å². The highest BCUT2D eigenvalue weighted by Gasteiger charge is 2.51. The average Bonchev–Trinajstić information content (AvgIpc) is 3.19. The molecule has 2 aromatic carbocycles. The molecule has 32 heavy (non-hydrogen) atoms. The number of aliphatic hydroxyl groups is 1. The van der Waals surface area contributed by atoms with Crippen LogP contribution in [0.1, 0.15) is 55.8 Å². The van der Waals surface area contributed by atoms with E-state index in [9.17, 15) is 5.11 Å². The number of nitrogens with zero attached hydrogens (tertiary/aromatic N) is 1. The molecule has 6 rings (SSSR count). The number of aromatic nitrogens is 1. The molecular formula is C29H34N2O. The largest absolute Gasteiger partial charge is 0.389 e. The Morgan fingerprint density at radius 2 is 1.91 bits per heavy atom. The van der Waals surface area contributed by atoms with Gasteiger partial charge in [-0.2, -0.15) is 0 Å². The smallest absolute Gasteiger partial charge is 0.0756 e. The van der Waals surface area contributed by atoms with Crippen LogP contribution in [0.4, 0.5) is 0 Å². The maximum atomic E-state index is 11.1. The first kappa shape index (κ1) is 20.3. The average molecular weight is 427 g/mol. The van der Waals surface area contributed by atoms with Gasteiger partial charge in [0.15, 0.2) is 0 Å². The summed E-state index contributed by atoms with van der Waals surface area (Å²) >= 11 is 0. The zero-order chi connectivity index (χ0) is 21.7. The zero-order valence-corrected chi connectivity index (χ0v) is 19.1. The predicted molar refractivity (Wildman–Crippen MR) is 131 cm³/mol. The monoisotopic (exact) mass is 426 g/mol. The Labute approximate surface area is 191 Å². The molecule has 1 aliphatic carbocycles. The Hall–Kier alpha value is -2.36. The molecule has 2 N–H and O–H groups in total. The molecule has 3 nitrogen and oxygen atoms in total. The van der Waals surface area contributed by atoms with E-state index in [0.29, 0.717) is 11.8 Å². The fraction of sp³-hybridized carbons (Fsp3) is 0.448. The minimum Gasteiger partial charge on any atom is -0.389 e. The Bertz CT molecular complexity index is 1150. The Kier molecular flexibility index (Phi) is 5.00. The zero-order valence-electron chi connectivity index (χ0n) is 19.1. The van der Waals surface area contributed by atoms with Crippen LogP contribution < -0.4 is 0 Å². The van der Waals surface area contributed by atoms with Crippen LogP contribution in [0.25, 0.3) is 17.0 Å². The summed E-state index contributed by atoms with van der Waals surface area (Å²) in [6, 6.07) is 19.3. The first-order chi connectivity index (χ1) is 15.7. The predicted octanol–water partition coefficient (Wildman–Crippen LogP) is 5.90. The lowest BCUT2D eigenvalue weighted by atomic mass is 9.63. The van der Waals surface area contributed by atoms with Gasteiger partial charge < -0.3 is 10.1 Å². The van der Waals surface area contributed by atoms with Crippen molar-refractivity contribution in [1.29, 1.82) is 0 Å². The molecule has 2 fully saturated rings. The first-order valence-corrected chi connectivity index (χ1v) is 12.5. The van der Waals surface area contributed by atoms with Crippen LogP contribution in [0.5, 0.6) is 0 Å². The van der Waals surface area contributed by atoms with Crippen LogP contribution in [-0.2, 0) is 12.0 Å². The summed E-state index contributed by atoms with van der Waals surface area (Å²) in [6.45, 7) is 4.63. The van der Waals surface area contributed by atoms with E-state index in [1.807, 2.05) is 0 Å². The SMILES string of the molecule is CCC[C@@]12CC3C[C@H](O)/C(=C/c4ccccc4)CC3CN1CCc1c2[nH]c2ccccc12. The van der Waals surface area contributed by atoms with Crippen molar-refractivity contribution in [3.05, 3.63) is 77.0 Å². The summed E-state index contributed by atoms with van der Waals surface area (Å²) in [7, 11) is 0. The lowest BCUT2D eigenvalue weighted by Gasteiger charge is -2.56. The topological polar surface area (TPSA) is 39.3 Å². The molecule has 0 spiro atoms. The molecule has 1 aromatic heterocycles. The minimum absolute atomic E-state index is 0.100. The number of piperidine rings is 1. The van der Waals surface area contributed by atoms with Crippen molar-refractivity contribution in [1.82, 2.24) is 9.88 Å². The second kappa shape index (κ2) is 7.90. The van der Waals surface area contributed by atoms with Gasteiger partial charge >= 0.3 is 0 Å². The van der Waals surface area contributed by atoms with Crippen LogP contribution in [-0.4, -0.2) is 34.2 Å². The van der Waals surface area contributed by atoms with E-state index < -0.39 is 0 Å². The van der Waals surface area contributed by atoms with Gasteiger partial charge in [-0.05, 0) is 66.7 Å². The summed E-state index contributed by atoms with van der Waals surface area (Å²) in [6.07, 6.45) is 8.53. The molecule has 0 amide bonds. The highest BCUT2D eigenvalue weighted by Crippen LogP contribution is 2.53. The van der Waals surface area contributed by atoms with Gasteiger partial charge in [0.05, 0.1) is 11.6 Å². The molecule has 2 unspecified atom stereocenters. The summed E-state index contributed by atoms with van der Waals surface area (Å²) in [4.78, 5) is 6.69. The normalized spacial score (nSPS) is 31.3. The first-order valence-electron chi connectivity index (χ1n) is 12.5. The molecule has 166 valence electrons.